The van der Waals surface area contributed by atoms with Crippen LogP contribution in [0, 0.1) is 6.92 Å². The van der Waals surface area contributed by atoms with Gasteiger partial charge in [0.2, 0.25) is 0 Å². The number of aryl methyl sites for hydroxylation is 1. The first kappa shape index (κ1) is 17.0. The lowest BCUT2D eigenvalue weighted by atomic mass is 10.1. The molecule has 2 aromatic carbocycles. The Morgan fingerprint density at radius 3 is 2.65 bits per heavy atom. The molecule has 0 aromatic heterocycles. The predicted octanol–water partition coefficient (Wildman–Crippen LogP) is 2.99. The van der Waals surface area contributed by atoms with E-state index in [9.17, 15) is 4.79 Å². The Balaban J connectivity index is 2.06. The SMILES string of the molecule is Cc1cccc(COc2cccc(C(=O)N(C)C(C)CN)c2)c1. The second-order valence-corrected chi connectivity index (χ2v) is 5.81. The fourth-order valence-corrected chi connectivity index (χ4v) is 2.25. The molecule has 0 spiro atoms. The molecule has 2 rings (SSSR count). The quantitative estimate of drug-likeness (QED) is 0.892. The lowest BCUT2D eigenvalue weighted by Crippen LogP contribution is -2.39. The van der Waals surface area contributed by atoms with Crippen LogP contribution in [-0.2, 0) is 6.61 Å². The number of hydrogen-bond acceptors (Lipinski definition) is 3. The lowest BCUT2D eigenvalue weighted by Gasteiger charge is -2.23. The van der Waals surface area contributed by atoms with Crippen molar-refractivity contribution >= 4 is 5.91 Å². The fraction of sp³-hybridized carbons (Fsp3) is 0.316. The standard InChI is InChI=1S/C19H24N2O2/c1-14-6-4-7-16(10-14)13-23-18-9-5-8-17(11-18)19(22)21(3)15(2)12-20/h4-11,15H,12-13,20H2,1-3H3. The topological polar surface area (TPSA) is 55.6 Å². The number of nitrogens with two attached hydrogens (primary N) is 1. The van der Waals surface area contributed by atoms with Crippen LogP contribution in [0.2, 0.25) is 0 Å². The van der Waals surface area contributed by atoms with Crippen molar-refractivity contribution < 1.29 is 9.53 Å². The average Bonchev–Trinajstić information content (AvgIpc) is 2.58. The van der Waals surface area contributed by atoms with E-state index >= 15 is 0 Å². The number of hydrogen-bond donors (Lipinski definition) is 1. The molecule has 0 aliphatic carbocycles. The van der Waals surface area contributed by atoms with Gasteiger partial charge in [0.15, 0.2) is 0 Å². The summed E-state index contributed by atoms with van der Waals surface area (Å²) < 4.78 is 5.81. The summed E-state index contributed by atoms with van der Waals surface area (Å²) in [6.07, 6.45) is 0. The molecule has 0 saturated carbocycles. The molecule has 1 atom stereocenters. The van der Waals surface area contributed by atoms with Crippen molar-refractivity contribution in [2.45, 2.75) is 26.5 Å². The van der Waals surface area contributed by atoms with E-state index in [1.54, 1.807) is 24.1 Å². The highest BCUT2D eigenvalue weighted by molar-refractivity contribution is 5.94. The smallest absolute Gasteiger partial charge is 0.254 e. The van der Waals surface area contributed by atoms with Crippen LogP contribution in [-0.4, -0.2) is 30.4 Å². The van der Waals surface area contributed by atoms with Gasteiger partial charge in [-0.1, -0.05) is 35.9 Å². The Labute approximate surface area is 137 Å². The number of benzene rings is 2. The maximum Gasteiger partial charge on any atom is 0.254 e. The first-order valence-electron chi connectivity index (χ1n) is 7.77. The second-order valence-electron chi connectivity index (χ2n) is 5.81. The first-order valence-corrected chi connectivity index (χ1v) is 7.77. The maximum atomic E-state index is 12.4. The Kier molecular flexibility index (Phi) is 5.77. The van der Waals surface area contributed by atoms with Crippen LogP contribution in [0.15, 0.2) is 48.5 Å². The van der Waals surface area contributed by atoms with Gasteiger partial charge in [-0.25, -0.2) is 0 Å². The van der Waals surface area contributed by atoms with E-state index in [1.807, 2.05) is 31.2 Å². The molecule has 1 unspecified atom stereocenters. The second kappa shape index (κ2) is 7.79. The molecule has 0 aliphatic rings. The molecular formula is C19H24N2O2. The van der Waals surface area contributed by atoms with Crippen LogP contribution in [0.4, 0.5) is 0 Å². The van der Waals surface area contributed by atoms with E-state index in [1.165, 1.54) is 5.56 Å². The van der Waals surface area contributed by atoms with Gasteiger partial charge in [-0.15, -0.1) is 0 Å². The molecule has 0 heterocycles. The minimum absolute atomic E-state index is 0.000585. The van der Waals surface area contributed by atoms with Gasteiger partial charge >= 0.3 is 0 Å². The van der Waals surface area contributed by atoms with Crippen molar-refractivity contribution in [2.24, 2.45) is 5.73 Å². The van der Waals surface area contributed by atoms with Crippen LogP contribution in [0.25, 0.3) is 0 Å². The van der Waals surface area contributed by atoms with Crippen LogP contribution in [0.5, 0.6) is 5.75 Å². The summed E-state index contributed by atoms with van der Waals surface area (Å²) >= 11 is 0. The number of carbonyl (C=O) groups is 1. The third-order valence-corrected chi connectivity index (χ3v) is 3.89. The number of nitrogens with zero attached hydrogens (tertiary/aromatic N) is 1. The zero-order chi connectivity index (χ0) is 16.8. The maximum absolute atomic E-state index is 12.4. The molecular weight excluding hydrogens is 288 g/mol. The van der Waals surface area contributed by atoms with Crippen molar-refractivity contribution in [1.29, 1.82) is 0 Å². The Hall–Kier alpha value is -2.33. The van der Waals surface area contributed by atoms with E-state index in [0.717, 1.165) is 5.56 Å². The van der Waals surface area contributed by atoms with E-state index < -0.39 is 0 Å². The highest BCUT2D eigenvalue weighted by Crippen LogP contribution is 2.17. The van der Waals surface area contributed by atoms with Crippen molar-refractivity contribution in [2.75, 3.05) is 13.6 Å². The third kappa shape index (κ3) is 4.57. The third-order valence-electron chi connectivity index (χ3n) is 3.89. The number of carbonyl (C=O) groups excluding carboxylic acids is 1. The first-order chi connectivity index (χ1) is 11.0. The zero-order valence-electron chi connectivity index (χ0n) is 14.0. The van der Waals surface area contributed by atoms with Gasteiger partial charge in [0.05, 0.1) is 0 Å². The molecule has 0 saturated heterocycles. The van der Waals surface area contributed by atoms with E-state index in [4.69, 9.17) is 10.5 Å². The monoisotopic (exact) mass is 312 g/mol. The molecule has 0 aliphatic heterocycles. The Morgan fingerprint density at radius 1 is 1.22 bits per heavy atom. The minimum Gasteiger partial charge on any atom is -0.489 e. The number of likely N-dealkylation sites (N-methyl/N-ethyl adjacent to an activating group) is 1. The molecule has 0 bridgehead atoms. The van der Waals surface area contributed by atoms with Gasteiger partial charge in [-0.05, 0) is 37.6 Å². The highest BCUT2D eigenvalue weighted by Gasteiger charge is 2.16. The fourth-order valence-electron chi connectivity index (χ4n) is 2.25. The van der Waals surface area contributed by atoms with E-state index in [0.29, 0.717) is 24.5 Å². The summed E-state index contributed by atoms with van der Waals surface area (Å²) in [4.78, 5) is 14.1. The predicted molar refractivity (Wildman–Crippen MR) is 92.6 cm³/mol. The van der Waals surface area contributed by atoms with Gasteiger partial charge in [-0.2, -0.15) is 0 Å². The lowest BCUT2D eigenvalue weighted by molar-refractivity contribution is 0.0748. The van der Waals surface area contributed by atoms with Gasteiger partial charge in [0.25, 0.3) is 5.91 Å². The number of ether oxygens (including phenoxy) is 1. The number of amides is 1. The Morgan fingerprint density at radius 2 is 1.96 bits per heavy atom. The van der Waals surface area contributed by atoms with Crippen LogP contribution >= 0.6 is 0 Å². The summed E-state index contributed by atoms with van der Waals surface area (Å²) in [6, 6.07) is 15.4. The normalized spacial score (nSPS) is 11.8. The molecule has 0 fully saturated rings. The van der Waals surface area contributed by atoms with Crippen molar-refractivity contribution in [1.82, 2.24) is 4.90 Å². The van der Waals surface area contributed by atoms with Gasteiger partial charge in [0.1, 0.15) is 12.4 Å². The molecule has 122 valence electrons. The van der Waals surface area contributed by atoms with E-state index in [2.05, 4.69) is 19.1 Å². The largest absolute Gasteiger partial charge is 0.489 e. The van der Waals surface area contributed by atoms with Crippen LogP contribution in [0.1, 0.15) is 28.4 Å². The summed E-state index contributed by atoms with van der Waals surface area (Å²) in [5, 5.41) is 0. The van der Waals surface area contributed by atoms with Gasteiger partial charge in [0, 0.05) is 25.2 Å². The average molecular weight is 312 g/mol. The Bertz CT molecular complexity index is 670. The molecule has 1 amide bonds. The van der Waals surface area contributed by atoms with Crippen molar-refractivity contribution in [3.05, 3.63) is 65.2 Å². The van der Waals surface area contributed by atoms with Gasteiger partial charge in [-0.3, -0.25) is 4.79 Å². The molecule has 0 radical (unpaired) electrons. The number of rotatable bonds is 6. The molecule has 4 heteroatoms. The minimum atomic E-state index is -0.0519. The van der Waals surface area contributed by atoms with Crippen molar-refractivity contribution in [3.63, 3.8) is 0 Å². The zero-order valence-corrected chi connectivity index (χ0v) is 14.0. The molecule has 4 nitrogen and oxygen atoms in total. The van der Waals surface area contributed by atoms with E-state index in [-0.39, 0.29) is 11.9 Å². The molecule has 2 aromatic rings. The van der Waals surface area contributed by atoms with Crippen LogP contribution in [0.3, 0.4) is 0 Å². The summed E-state index contributed by atoms with van der Waals surface area (Å²) in [5.41, 5.74) is 8.54. The van der Waals surface area contributed by atoms with Crippen molar-refractivity contribution in [3.8, 4) is 5.75 Å². The summed E-state index contributed by atoms with van der Waals surface area (Å²) in [7, 11) is 1.76. The van der Waals surface area contributed by atoms with Gasteiger partial charge < -0.3 is 15.4 Å². The van der Waals surface area contributed by atoms with Crippen LogP contribution < -0.4 is 10.5 Å². The molecule has 23 heavy (non-hydrogen) atoms. The highest BCUT2D eigenvalue weighted by atomic mass is 16.5. The summed E-state index contributed by atoms with van der Waals surface area (Å²) in [6.45, 7) is 4.90. The summed E-state index contributed by atoms with van der Waals surface area (Å²) in [5.74, 6) is 0.634. The molecule has 2 N–H and O–H groups in total.